The van der Waals surface area contributed by atoms with Crippen LogP contribution in [0.2, 0.25) is 5.02 Å². The molecule has 0 bridgehead atoms. The number of aryl methyl sites for hydroxylation is 1. The second-order valence-electron chi connectivity index (χ2n) is 6.84. The van der Waals surface area contributed by atoms with E-state index in [0.29, 0.717) is 18.1 Å². The summed E-state index contributed by atoms with van der Waals surface area (Å²) >= 11 is 6.36. The van der Waals surface area contributed by atoms with Gasteiger partial charge in [0.25, 0.3) is 0 Å². The SMILES string of the molecule is CCc1ccc(Cl)c(CC)c1NC(=O)N1CCN(c2ccccc2OC)CC1. The van der Waals surface area contributed by atoms with Crippen LogP contribution in [0, 0.1) is 0 Å². The number of halogens is 1. The van der Waals surface area contributed by atoms with E-state index in [1.807, 2.05) is 35.2 Å². The molecule has 0 saturated carbocycles. The van der Waals surface area contributed by atoms with Gasteiger partial charge in [0.15, 0.2) is 0 Å². The van der Waals surface area contributed by atoms with Crippen LogP contribution in [0.25, 0.3) is 0 Å². The first kappa shape index (κ1) is 20.3. The highest BCUT2D eigenvalue weighted by Crippen LogP contribution is 2.31. The lowest BCUT2D eigenvalue weighted by molar-refractivity contribution is 0.208. The molecule has 28 heavy (non-hydrogen) atoms. The molecule has 5 nitrogen and oxygen atoms in total. The summed E-state index contributed by atoms with van der Waals surface area (Å²) in [6.07, 6.45) is 1.63. The Kier molecular flexibility index (Phi) is 6.68. The van der Waals surface area contributed by atoms with Crippen molar-refractivity contribution in [2.45, 2.75) is 26.7 Å². The van der Waals surface area contributed by atoms with Crippen molar-refractivity contribution in [3.63, 3.8) is 0 Å². The summed E-state index contributed by atoms with van der Waals surface area (Å²) in [5.41, 5.74) is 4.06. The minimum Gasteiger partial charge on any atom is -0.495 e. The fourth-order valence-corrected chi connectivity index (χ4v) is 3.99. The lowest BCUT2D eigenvalue weighted by Crippen LogP contribution is -2.50. The van der Waals surface area contributed by atoms with Gasteiger partial charge in [-0.25, -0.2) is 4.79 Å². The third-order valence-electron chi connectivity index (χ3n) is 5.30. The van der Waals surface area contributed by atoms with Crippen LogP contribution in [0.15, 0.2) is 36.4 Å². The number of methoxy groups -OCH3 is 1. The van der Waals surface area contributed by atoms with Gasteiger partial charge in [-0.05, 0) is 42.2 Å². The Labute approximate surface area is 172 Å². The van der Waals surface area contributed by atoms with E-state index in [4.69, 9.17) is 16.3 Å². The zero-order valence-corrected chi connectivity index (χ0v) is 17.6. The minimum atomic E-state index is -0.0636. The first-order chi connectivity index (χ1) is 13.6. The van der Waals surface area contributed by atoms with Gasteiger partial charge in [-0.1, -0.05) is 43.6 Å². The first-order valence-corrected chi connectivity index (χ1v) is 10.2. The van der Waals surface area contributed by atoms with Crippen molar-refractivity contribution >= 4 is 29.0 Å². The van der Waals surface area contributed by atoms with Crippen molar-refractivity contribution in [3.8, 4) is 5.75 Å². The standard InChI is InChI=1S/C22H28ClN3O2/c1-4-16-10-11-18(23)17(5-2)21(16)24-22(27)26-14-12-25(13-15-26)19-8-6-7-9-20(19)28-3/h6-11H,4-5,12-15H2,1-3H3,(H,24,27). The Balaban J connectivity index is 1.69. The van der Waals surface area contributed by atoms with E-state index < -0.39 is 0 Å². The molecular formula is C22H28ClN3O2. The van der Waals surface area contributed by atoms with Crippen molar-refractivity contribution < 1.29 is 9.53 Å². The largest absolute Gasteiger partial charge is 0.495 e. The van der Waals surface area contributed by atoms with Gasteiger partial charge in [-0.3, -0.25) is 0 Å². The molecule has 1 aliphatic rings. The summed E-state index contributed by atoms with van der Waals surface area (Å²) in [6, 6.07) is 11.8. The van der Waals surface area contributed by atoms with Crippen LogP contribution in [-0.2, 0) is 12.8 Å². The van der Waals surface area contributed by atoms with Crippen molar-refractivity contribution in [2.75, 3.05) is 43.5 Å². The van der Waals surface area contributed by atoms with Crippen molar-refractivity contribution in [2.24, 2.45) is 0 Å². The molecule has 6 heteroatoms. The number of ether oxygens (including phenoxy) is 1. The third-order valence-corrected chi connectivity index (χ3v) is 5.66. The van der Waals surface area contributed by atoms with E-state index >= 15 is 0 Å². The average Bonchev–Trinajstić information content (AvgIpc) is 2.74. The van der Waals surface area contributed by atoms with Crippen LogP contribution in [0.1, 0.15) is 25.0 Å². The zero-order valence-electron chi connectivity index (χ0n) is 16.8. The van der Waals surface area contributed by atoms with Crippen molar-refractivity contribution in [1.82, 2.24) is 4.90 Å². The number of carbonyl (C=O) groups is 1. The number of nitrogens with one attached hydrogen (secondary N) is 1. The Morgan fingerprint density at radius 2 is 1.79 bits per heavy atom. The zero-order chi connectivity index (χ0) is 20.1. The summed E-state index contributed by atoms with van der Waals surface area (Å²) in [7, 11) is 1.68. The van der Waals surface area contributed by atoms with Crippen LogP contribution in [0.5, 0.6) is 5.75 Å². The van der Waals surface area contributed by atoms with Gasteiger partial charge in [0, 0.05) is 31.2 Å². The Bertz CT molecular complexity index is 833. The van der Waals surface area contributed by atoms with Gasteiger partial charge in [-0.15, -0.1) is 0 Å². The molecule has 3 rings (SSSR count). The van der Waals surface area contributed by atoms with Crippen LogP contribution in [0.4, 0.5) is 16.2 Å². The Hall–Kier alpha value is -2.40. The maximum absolute atomic E-state index is 12.9. The van der Waals surface area contributed by atoms with E-state index in [9.17, 15) is 4.79 Å². The highest BCUT2D eigenvalue weighted by atomic mass is 35.5. The van der Waals surface area contributed by atoms with Crippen LogP contribution >= 0.6 is 11.6 Å². The van der Waals surface area contributed by atoms with Gasteiger partial charge < -0.3 is 19.9 Å². The number of hydrogen-bond donors (Lipinski definition) is 1. The van der Waals surface area contributed by atoms with Gasteiger partial charge in [0.05, 0.1) is 18.5 Å². The normalized spacial score (nSPS) is 14.1. The van der Waals surface area contributed by atoms with Gasteiger partial charge in [-0.2, -0.15) is 0 Å². The second-order valence-corrected chi connectivity index (χ2v) is 7.25. The molecule has 150 valence electrons. The molecule has 2 amide bonds. The summed E-state index contributed by atoms with van der Waals surface area (Å²) in [6.45, 7) is 7.00. The number of hydrogen-bond acceptors (Lipinski definition) is 3. The molecule has 1 fully saturated rings. The van der Waals surface area contributed by atoms with E-state index in [0.717, 1.165) is 54.2 Å². The molecule has 0 unspecified atom stereocenters. The molecular weight excluding hydrogens is 374 g/mol. The highest BCUT2D eigenvalue weighted by molar-refractivity contribution is 6.32. The minimum absolute atomic E-state index is 0.0636. The molecule has 1 N–H and O–H groups in total. The molecule has 2 aromatic rings. The summed E-state index contributed by atoms with van der Waals surface area (Å²) in [5, 5.41) is 3.83. The van der Waals surface area contributed by atoms with Crippen LogP contribution in [0.3, 0.4) is 0 Å². The number of rotatable bonds is 5. The molecule has 0 spiro atoms. The summed E-state index contributed by atoms with van der Waals surface area (Å²) < 4.78 is 5.47. The maximum atomic E-state index is 12.9. The molecule has 0 atom stereocenters. The molecule has 0 aliphatic carbocycles. The predicted molar refractivity (Wildman–Crippen MR) is 116 cm³/mol. The number of nitrogens with zero attached hydrogens (tertiary/aromatic N) is 2. The maximum Gasteiger partial charge on any atom is 0.321 e. The lowest BCUT2D eigenvalue weighted by Gasteiger charge is -2.36. The number of para-hydroxylation sites is 2. The second kappa shape index (κ2) is 9.20. The predicted octanol–water partition coefficient (Wildman–Crippen LogP) is 4.83. The number of piperazine rings is 1. The van der Waals surface area contributed by atoms with E-state index in [-0.39, 0.29) is 6.03 Å². The first-order valence-electron chi connectivity index (χ1n) is 9.83. The van der Waals surface area contributed by atoms with E-state index in [1.54, 1.807) is 7.11 Å². The number of urea groups is 1. The number of benzene rings is 2. The quantitative estimate of drug-likeness (QED) is 0.780. The van der Waals surface area contributed by atoms with Gasteiger partial charge in [0.2, 0.25) is 0 Å². The van der Waals surface area contributed by atoms with E-state index in [1.165, 1.54) is 0 Å². The summed E-state index contributed by atoms with van der Waals surface area (Å²) in [4.78, 5) is 17.0. The molecule has 1 heterocycles. The fourth-order valence-electron chi connectivity index (χ4n) is 3.69. The van der Waals surface area contributed by atoms with Gasteiger partial charge in [0.1, 0.15) is 5.75 Å². The number of amides is 2. The smallest absolute Gasteiger partial charge is 0.321 e. The number of anilines is 2. The highest BCUT2D eigenvalue weighted by Gasteiger charge is 2.24. The lowest BCUT2D eigenvalue weighted by atomic mass is 10.0. The Morgan fingerprint density at radius 3 is 2.43 bits per heavy atom. The average molecular weight is 402 g/mol. The molecule has 0 radical (unpaired) electrons. The molecule has 1 aliphatic heterocycles. The Morgan fingerprint density at radius 1 is 1.07 bits per heavy atom. The van der Waals surface area contributed by atoms with Crippen molar-refractivity contribution in [3.05, 3.63) is 52.5 Å². The third kappa shape index (κ3) is 4.20. The summed E-state index contributed by atoms with van der Waals surface area (Å²) in [5.74, 6) is 0.861. The fraction of sp³-hybridized carbons (Fsp3) is 0.409. The van der Waals surface area contributed by atoms with Gasteiger partial charge >= 0.3 is 6.03 Å². The molecule has 1 saturated heterocycles. The van der Waals surface area contributed by atoms with Crippen molar-refractivity contribution in [1.29, 1.82) is 0 Å². The molecule has 2 aromatic carbocycles. The number of carbonyl (C=O) groups excluding carboxylic acids is 1. The molecule has 0 aromatic heterocycles. The monoisotopic (exact) mass is 401 g/mol. The van der Waals surface area contributed by atoms with E-state index in [2.05, 4.69) is 30.1 Å². The van der Waals surface area contributed by atoms with Crippen LogP contribution in [-0.4, -0.2) is 44.2 Å². The topological polar surface area (TPSA) is 44.8 Å². The van der Waals surface area contributed by atoms with Crippen LogP contribution < -0.4 is 15.0 Å².